The molecular weight excluding hydrogens is 316 g/mol. The van der Waals surface area contributed by atoms with Crippen LogP contribution >= 0.6 is 0 Å². The Balaban J connectivity index is 1.95. The predicted molar refractivity (Wildman–Crippen MR) is 97.3 cm³/mol. The average Bonchev–Trinajstić information content (AvgIpc) is 2.70. The number of rotatable bonds is 5. The van der Waals surface area contributed by atoms with Gasteiger partial charge in [-0.05, 0) is 35.4 Å². The molecule has 1 amide bonds. The fraction of sp³-hybridized carbons (Fsp3) is 0.350. The van der Waals surface area contributed by atoms with E-state index in [1.54, 1.807) is 14.2 Å². The minimum absolute atomic E-state index is 0.136. The molecule has 5 nitrogen and oxygen atoms in total. The number of ether oxygens (including phenoxy) is 2. The number of nitrogens with one attached hydrogen (secondary N) is 1. The number of hydrogen-bond donors (Lipinski definition) is 1. The second-order valence-electron chi connectivity index (χ2n) is 6.05. The Labute approximate surface area is 148 Å². The van der Waals surface area contributed by atoms with E-state index in [1.165, 1.54) is 0 Å². The third kappa shape index (κ3) is 3.94. The van der Waals surface area contributed by atoms with Crippen molar-refractivity contribution >= 4 is 5.91 Å². The zero-order chi connectivity index (χ0) is 17.6. The lowest BCUT2D eigenvalue weighted by molar-refractivity contribution is -0.132. The van der Waals surface area contributed by atoms with Gasteiger partial charge in [0, 0.05) is 26.2 Å². The standard InChI is InChI=1S/C20H24N2O3/c1-24-17-7-3-15(4-8-17)19(16-5-9-18(25-2)10-6-16)20(23)22-13-11-21-12-14-22/h3-10,19,21H,11-14H2,1-2H3. The first kappa shape index (κ1) is 17.3. The van der Waals surface area contributed by atoms with Crippen molar-refractivity contribution in [3.8, 4) is 11.5 Å². The average molecular weight is 340 g/mol. The molecule has 2 aromatic carbocycles. The fourth-order valence-electron chi connectivity index (χ4n) is 3.14. The third-order valence-corrected chi connectivity index (χ3v) is 4.57. The maximum atomic E-state index is 13.2. The lowest BCUT2D eigenvalue weighted by Crippen LogP contribution is -2.48. The molecule has 0 aliphatic carbocycles. The van der Waals surface area contributed by atoms with Gasteiger partial charge in [0.15, 0.2) is 0 Å². The van der Waals surface area contributed by atoms with Gasteiger partial charge >= 0.3 is 0 Å². The van der Waals surface area contributed by atoms with Crippen LogP contribution in [0.25, 0.3) is 0 Å². The first-order valence-corrected chi connectivity index (χ1v) is 8.50. The molecule has 2 aromatic rings. The summed E-state index contributed by atoms with van der Waals surface area (Å²) in [5.41, 5.74) is 1.93. The molecule has 1 aliphatic heterocycles. The van der Waals surface area contributed by atoms with E-state index < -0.39 is 0 Å². The first-order chi connectivity index (χ1) is 12.2. The van der Waals surface area contributed by atoms with E-state index >= 15 is 0 Å². The number of piperazine rings is 1. The number of amides is 1. The molecule has 132 valence electrons. The second kappa shape index (κ2) is 8.03. The maximum absolute atomic E-state index is 13.2. The highest BCUT2D eigenvalue weighted by Gasteiger charge is 2.28. The van der Waals surface area contributed by atoms with E-state index in [2.05, 4.69) is 5.32 Å². The van der Waals surface area contributed by atoms with Crippen molar-refractivity contribution in [2.45, 2.75) is 5.92 Å². The summed E-state index contributed by atoms with van der Waals surface area (Å²) in [4.78, 5) is 15.2. The normalized spacial score (nSPS) is 14.4. The minimum Gasteiger partial charge on any atom is -0.497 e. The number of benzene rings is 2. The minimum atomic E-state index is -0.324. The van der Waals surface area contributed by atoms with Gasteiger partial charge in [0.25, 0.3) is 0 Å². The molecule has 3 rings (SSSR count). The van der Waals surface area contributed by atoms with E-state index in [9.17, 15) is 4.79 Å². The van der Waals surface area contributed by atoms with Gasteiger partial charge in [-0.25, -0.2) is 0 Å². The molecule has 0 bridgehead atoms. The highest BCUT2D eigenvalue weighted by Crippen LogP contribution is 2.30. The van der Waals surface area contributed by atoms with Gasteiger partial charge < -0.3 is 19.7 Å². The van der Waals surface area contributed by atoms with Gasteiger partial charge in [0.1, 0.15) is 11.5 Å². The summed E-state index contributed by atoms with van der Waals surface area (Å²) in [5, 5.41) is 3.29. The molecule has 5 heteroatoms. The number of carbonyl (C=O) groups excluding carboxylic acids is 1. The summed E-state index contributed by atoms with van der Waals surface area (Å²) >= 11 is 0. The van der Waals surface area contributed by atoms with Crippen LogP contribution in [0.1, 0.15) is 17.0 Å². The molecule has 1 saturated heterocycles. The van der Waals surface area contributed by atoms with Crippen LogP contribution in [0.15, 0.2) is 48.5 Å². The Morgan fingerprint density at radius 2 is 1.32 bits per heavy atom. The zero-order valence-corrected chi connectivity index (χ0v) is 14.7. The van der Waals surface area contributed by atoms with Gasteiger partial charge in [0.2, 0.25) is 5.91 Å². The van der Waals surface area contributed by atoms with E-state index in [0.29, 0.717) is 0 Å². The number of methoxy groups -OCH3 is 2. The summed E-state index contributed by atoms with van der Waals surface area (Å²) in [6, 6.07) is 15.5. The first-order valence-electron chi connectivity index (χ1n) is 8.50. The molecule has 0 radical (unpaired) electrons. The third-order valence-electron chi connectivity index (χ3n) is 4.57. The quantitative estimate of drug-likeness (QED) is 0.907. The van der Waals surface area contributed by atoms with Gasteiger partial charge in [-0.15, -0.1) is 0 Å². The van der Waals surface area contributed by atoms with E-state index in [-0.39, 0.29) is 11.8 Å². The van der Waals surface area contributed by atoms with Gasteiger partial charge in [-0.2, -0.15) is 0 Å². The van der Waals surface area contributed by atoms with Gasteiger partial charge in [-0.3, -0.25) is 4.79 Å². The van der Waals surface area contributed by atoms with Crippen molar-refractivity contribution in [3.63, 3.8) is 0 Å². The smallest absolute Gasteiger partial charge is 0.234 e. The molecule has 1 fully saturated rings. The van der Waals surface area contributed by atoms with E-state index in [4.69, 9.17) is 9.47 Å². The molecular formula is C20H24N2O3. The fourth-order valence-corrected chi connectivity index (χ4v) is 3.14. The molecule has 0 atom stereocenters. The van der Waals surface area contributed by atoms with Crippen LogP contribution < -0.4 is 14.8 Å². The highest BCUT2D eigenvalue weighted by atomic mass is 16.5. The maximum Gasteiger partial charge on any atom is 0.234 e. The molecule has 0 spiro atoms. The molecule has 0 saturated carbocycles. The zero-order valence-electron chi connectivity index (χ0n) is 14.7. The second-order valence-corrected chi connectivity index (χ2v) is 6.05. The van der Waals surface area contributed by atoms with Crippen LogP contribution in [-0.4, -0.2) is 51.2 Å². The number of hydrogen-bond acceptors (Lipinski definition) is 4. The Morgan fingerprint density at radius 1 is 0.880 bits per heavy atom. The molecule has 1 aliphatic rings. The largest absolute Gasteiger partial charge is 0.497 e. The summed E-state index contributed by atoms with van der Waals surface area (Å²) in [5.74, 6) is 1.38. The molecule has 0 unspecified atom stereocenters. The van der Waals surface area contributed by atoms with Crippen molar-refractivity contribution in [1.82, 2.24) is 10.2 Å². The molecule has 1 N–H and O–H groups in total. The molecule has 25 heavy (non-hydrogen) atoms. The Bertz CT molecular complexity index is 644. The summed E-state index contributed by atoms with van der Waals surface area (Å²) < 4.78 is 10.5. The number of nitrogens with zero attached hydrogens (tertiary/aromatic N) is 1. The van der Waals surface area contributed by atoms with Crippen LogP contribution in [-0.2, 0) is 4.79 Å². The number of carbonyl (C=O) groups is 1. The Hall–Kier alpha value is -2.53. The molecule has 1 heterocycles. The molecule has 0 aromatic heterocycles. The Kier molecular flexibility index (Phi) is 5.56. The summed E-state index contributed by atoms with van der Waals surface area (Å²) in [6.07, 6.45) is 0. The van der Waals surface area contributed by atoms with Crippen LogP contribution in [0.4, 0.5) is 0 Å². The van der Waals surface area contributed by atoms with Crippen molar-refractivity contribution in [3.05, 3.63) is 59.7 Å². The lowest BCUT2D eigenvalue weighted by atomic mass is 9.89. The lowest BCUT2D eigenvalue weighted by Gasteiger charge is -2.31. The predicted octanol–water partition coefficient (Wildman–Crippen LogP) is 2.27. The monoisotopic (exact) mass is 340 g/mol. The topological polar surface area (TPSA) is 50.8 Å². The van der Waals surface area contributed by atoms with Crippen molar-refractivity contribution in [2.75, 3.05) is 40.4 Å². The van der Waals surface area contributed by atoms with Gasteiger partial charge in [-0.1, -0.05) is 24.3 Å². The van der Waals surface area contributed by atoms with E-state index in [1.807, 2.05) is 53.4 Å². The van der Waals surface area contributed by atoms with Crippen molar-refractivity contribution in [1.29, 1.82) is 0 Å². The van der Waals surface area contributed by atoms with Crippen molar-refractivity contribution in [2.24, 2.45) is 0 Å². The van der Waals surface area contributed by atoms with Crippen LogP contribution in [0, 0.1) is 0 Å². The summed E-state index contributed by atoms with van der Waals surface area (Å²) in [7, 11) is 3.28. The van der Waals surface area contributed by atoms with Crippen LogP contribution in [0.3, 0.4) is 0 Å². The highest BCUT2D eigenvalue weighted by molar-refractivity contribution is 5.87. The van der Waals surface area contributed by atoms with Gasteiger partial charge in [0.05, 0.1) is 20.1 Å². The van der Waals surface area contributed by atoms with E-state index in [0.717, 1.165) is 48.8 Å². The summed E-state index contributed by atoms with van der Waals surface area (Å²) in [6.45, 7) is 3.15. The Morgan fingerprint density at radius 3 is 1.72 bits per heavy atom. The van der Waals surface area contributed by atoms with Crippen molar-refractivity contribution < 1.29 is 14.3 Å². The SMILES string of the molecule is COc1ccc(C(C(=O)N2CCNCC2)c2ccc(OC)cc2)cc1. The van der Waals surface area contributed by atoms with Crippen LogP contribution in [0.2, 0.25) is 0 Å². The van der Waals surface area contributed by atoms with Crippen LogP contribution in [0.5, 0.6) is 11.5 Å².